The predicted molar refractivity (Wildman–Crippen MR) is 130 cm³/mol. The van der Waals surface area contributed by atoms with E-state index in [0.29, 0.717) is 10.8 Å². The highest BCUT2D eigenvalue weighted by Crippen LogP contribution is 2.50. The molecule has 0 N–H and O–H groups in total. The van der Waals surface area contributed by atoms with Crippen LogP contribution in [0, 0.1) is 0 Å². The Bertz CT molecular complexity index is 1390. The quantitative estimate of drug-likeness (QED) is 0.381. The molecule has 0 atom stereocenters. The Kier molecular flexibility index (Phi) is 5.11. The number of aromatic nitrogens is 3. The van der Waals surface area contributed by atoms with Gasteiger partial charge in [0.25, 0.3) is 0 Å². The maximum absolute atomic E-state index is 13.1. The summed E-state index contributed by atoms with van der Waals surface area (Å²) in [6.07, 6.45) is 2.81. The van der Waals surface area contributed by atoms with Crippen molar-refractivity contribution in [2.45, 2.75) is 31.0 Å². The Morgan fingerprint density at radius 2 is 1.77 bits per heavy atom. The van der Waals surface area contributed by atoms with Crippen molar-refractivity contribution in [2.24, 2.45) is 7.05 Å². The average Bonchev–Trinajstić information content (AvgIpc) is 3.40. The molecule has 0 radical (unpaired) electrons. The maximum Gasteiger partial charge on any atom is 0.433 e. The normalized spacial score (nSPS) is 17.9. The third-order valence-electron chi connectivity index (χ3n) is 7.63. The van der Waals surface area contributed by atoms with Gasteiger partial charge in [0.15, 0.2) is 0 Å². The predicted octanol–water partition coefficient (Wildman–Crippen LogP) is 5.67. The van der Waals surface area contributed by atoms with Crippen molar-refractivity contribution in [3.63, 3.8) is 0 Å². The number of hydrogen-bond donors (Lipinski definition) is 0. The molecule has 4 aromatic rings. The van der Waals surface area contributed by atoms with Crippen LogP contribution in [0.2, 0.25) is 0 Å². The maximum atomic E-state index is 13.1. The first kappa shape index (κ1) is 22.1. The van der Waals surface area contributed by atoms with Crippen molar-refractivity contribution in [1.82, 2.24) is 19.4 Å². The molecule has 2 aromatic heterocycles. The summed E-state index contributed by atoms with van der Waals surface area (Å²) in [5.41, 5.74) is 2.73. The first-order chi connectivity index (χ1) is 16.8. The Hall–Kier alpha value is -3.39. The number of benzene rings is 2. The lowest BCUT2D eigenvalue weighted by molar-refractivity contribution is -0.141. The van der Waals surface area contributed by atoms with E-state index >= 15 is 0 Å². The van der Waals surface area contributed by atoms with Gasteiger partial charge in [0.1, 0.15) is 11.5 Å². The zero-order valence-corrected chi connectivity index (χ0v) is 19.5. The number of aryl methyl sites for hydroxylation is 1. The van der Waals surface area contributed by atoms with Gasteiger partial charge in [-0.15, -0.1) is 0 Å². The smallest absolute Gasteiger partial charge is 0.340 e. The molecule has 0 aliphatic carbocycles. The minimum absolute atomic E-state index is 0.0576. The van der Waals surface area contributed by atoms with Crippen LogP contribution in [-0.2, 0) is 25.2 Å². The number of hydrogen-bond acceptors (Lipinski definition) is 4. The Morgan fingerprint density at radius 3 is 2.51 bits per heavy atom. The summed E-state index contributed by atoms with van der Waals surface area (Å²) < 4.78 is 41.3. The van der Waals surface area contributed by atoms with Crippen LogP contribution in [0.1, 0.15) is 29.9 Å². The van der Waals surface area contributed by atoms with Gasteiger partial charge in [-0.2, -0.15) is 13.2 Å². The lowest BCUT2D eigenvalue weighted by atomic mass is 9.74. The molecular weight excluding hydrogens is 451 g/mol. The number of para-hydroxylation sites is 1. The molecule has 8 heteroatoms. The van der Waals surface area contributed by atoms with Crippen molar-refractivity contribution in [3.8, 4) is 0 Å². The van der Waals surface area contributed by atoms with Gasteiger partial charge in [-0.05, 0) is 61.1 Å². The lowest BCUT2D eigenvalue weighted by Crippen LogP contribution is -2.44. The summed E-state index contributed by atoms with van der Waals surface area (Å²) in [6, 6.07) is 15.3. The van der Waals surface area contributed by atoms with Crippen LogP contribution in [0.3, 0.4) is 0 Å². The summed E-state index contributed by atoms with van der Waals surface area (Å²) in [5.74, 6) is 1.08. The first-order valence-corrected chi connectivity index (χ1v) is 11.9. The molecule has 2 aliphatic rings. The molecular formula is C27H26F3N5. The molecule has 5 nitrogen and oxygen atoms in total. The Morgan fingerprint density at radius 1 is 0.971 bits per heavy atom. The van der Waals surface area contributed by atoms with E-state index in [2.05, 4.69) is 48.6 Å². The summed E-state index contributed by atoms with van der Waals surface area (Å²) in [4.78, 5) is 12.9. The van der Waals surface area contributed by atoms with Gasteiger partial charge in [0, 0.05) is 54.4 Å². The third kappa shape index (κ3) is 3.86. The van der Waals surface area contributed by atoms with Crippen LogP contribution in [0.15, 0.2) is 67.1 Å². The summed E-state index contributed by atoms with van der Waals surface area (Å²) >= 11 is 0. The van der Waals surface area contributed by atoms with Crippen LogP contribution in [0.5, 0.6) is 0 Å². The number of pyridine rings is 1. The minimum Gasteiger partial charge on any atom is -0.340 e. The number of piperidine rings is 1. The zero-order valence-electron chi connectivity index (χ0n) is 19.5. The van der Waals surface area contributed by atoms with Crippen molar-refractivity contribution < 1.29 is 13.2 Å². The van der Waals surface area contributed by atoms with Gasteiger partial charge in [-0.3, -0.25) is 9.88 Å². The fraction of sp³-hybridized carbons (Fsp3) is 0.333. The average molecular weight is 478 g/mol. The fourth-order valence-corrected chi connectivity index (χ4v) is 5.63. The molecule has 0 unspecified atom stereocenters. The van der Waals surface area contributed by atoms with Crippen LogP contribution >= 0.6 is 0 Å². The van der Waals surface area contributed by atoms with Crippen molar-refractivity contribution in [3.05, 3.63) is 84.2 Å². The highest BCUT2D eigenvalue weighted by Gasteiger charge is 2.45. The monoisotopic (exact) mass is 477 g/mol. The Balaban J connectivity index is 1.27. The zero-order chi connectivity index (χ0) is 24.2. The molecule has 6 rings (SSSR count). The Labute approximate surface area is 201 Å². The molecule has 2 aliphatic heterocycles. The lowest BCUT2D eigenvalue weighted by Gasteiger charge is -2.40. The highest BCUT2D eigenvalue weighted by atomic mass is 19.4. The van der Waals surface area contributed by atoms with Crippen LogP contribution in [0.25, 0.3) is 10.8 Å². The second-order valence-electron chi connectivity index (χ2n) is 9.71. The molecule has 0 bridgehead atoms. The molecule has 4 heterocycles. The van der Waals surface area contributed by atoms with E-state index in [-0.39, 0.29) is 5.41 Å². The van der Waals surface area contributed by atoms with E-state index in [4.69, 9.17) is 0 Å². The molecule has 1 spiro atoms. The molecule has 180 valence electrons. The first-order valence-electron chi connectivity index (χ1n) is 11.9. The van der Waals surface area contributed by atoms with E-state index < -0.39 is 11.9 Å². The van der Waals surface area contributed by atoms with Crippen molar-refractivity contribution in [2.75, 3.05) is 24.5 Å². The number of likely N-dealkylation sites (tertiary alicyclic amines) is 1. The van der Waals surface area contributed by atoms with Crippen molar-refractivity contribution in [1.29, 1.82) is 0 Å². The number of halogens is 3. The van der Waals surface area contributed by atoms with E-state index in [0.717, 1.165) is 56.6 Å². The van der Waals surface area contributed by atoms with E-state index in [1.165, 1.54) is 17.4 Å². The molecule has 1 saturated heterocycles. The van der Waals surface area contributed by atoms with Crippen LogP contribution in [0.4, 0.5) is 24.5 Å². The molecule has 35 heavy (non-hydrogen) atoms. The molecule has 2 aromatic carbocycles. The fourth-order valence-electron chi connectivity index (χ4n) is 5.63. The third-order valence-corrected chi connectivity index (χ3v) is 7.63. The summed E-state index contributed by atoms with van der Waals surface area (Å²) in [5, 5.41) is 1.25. The van der Waals surface area contributed by atoms with Gasteiger partial charge in [-0.25, -0.2) is 4.98 Å². The number of rotatable bonds is 3. The van der Waals surface area contributed by atoms with E-state index in [9.17, 15) is 13.2 Å². The topological polar surface area (TPSA) is 37.2 Å². The second kappa shape index (κ2) is 8.09. The van der Waals surface area contributed by atoms with Gasteiger partial charge >= 0.3 is 6.18 Å². The second-order valence-corrected chi connectivity index (χ2v) is 9.71. The van der Waals surface area contributed by atoms with Crippen LogP contribution < -0.4 is 4.90 Å². The number of alkyl halides is 3. The largest absolute Gasteiger partial charge is 0.433 e. The van der Waals surface area contributed by atoms with Gasteiger partial charge in [0.05, 0.1) is 6.54 Å². The van der Waals surface area contributed by atoms with E-state index in [1.54, 1.807) is 6.07 Å². The van der Waals surface area contributed by atoms with Gasteiger partial charge in [-0.1, -0.05) is 24.3 Å². The van der Waals surface area contributed by atoms with Crippen LogP contribution in [-0.4, -0.2) is 39.1 Å². The standard InChI is InChI=1S/C27H26F3N5/c1-33-13-10-31-25(33)17-34-11-8-26(9-12-34)18-35(23-5-3-2-4-22(23)26)21-7-6-19-15-24(27(28,29)30)32-16-20(19)14-21/h2-7,10,13-16H,8-9,11-12,17-18H2,1H3. The molecule has 0 saturated carbocycles. The summed E-state index contributed by atoms with van der Waals surface area (Å²) in [7, 11) is 2.03. The molecule has 0 amide bonds. The number of fused-ring (bicyclic) bond motifs is 3. The van der Waals surface area contributed by atoms with Gasteiger partial charge in [0.2, 0.25) is 0 Å². The highest BCUT2D eigenvalue weighted by molar-refractivity contribution is 5.87. The number of anilines is 2. The number of nitrogens with zero attached hydrogens (tertiary/aromatic N) is 5. The minimum atomic E-state index is -4.45. The van der Waals surface area contributed by atoms with E-state index in [1.807, 2.05) is 31.6 Å². The SMILES string of the molecule is Cn1ccnc1CN1CCC2(CC1)CN(c1ccc3cc(C(F)(F)F)ncc3c1)c1ccccc12. The number of imidazole rings is 1. The summed E-state index contributed by atoms with van der Waals surface area (Å²) in [6.45, 7) is 3.71. The van der Waals surface area contributed by atoms with Crippen molar-refractivity contribution >= 4 is 22.1 Å². The molecule has 1 fully saturated rings. The van der Waals surface area contributed by atoms with Gasteiger partial charge < -0.3 is 9.47 Å².